The third-order valence-electron chi connectivity index (χ3n) is 2.29. The van der Waals surface area contributed by atoms with Gasteiger partial charge in [-0.15, -0.1) is 0 Å². The Balaban J connectivity index is 3.88. The molecule has 0 saturated heterocycles. The Bertz CT molecular complexity index is 249. The van der Waals surface area contributed by atoms with Gasteiger partial charge >= 0.3 is 0 Å². The molecular weight excluding hydrogens is 192 g/mol. The number of Topliss-reactive ketones (excluding diaryl/α,β-unsaturated/α-hetero) is 2. The summed E-state index contributed by atoms with van der Waals surface area (Å²) in [5.41, 5.74) is 5.54. The van der Waals surface area contributed by atoms with Crippen molar-refractivity contribution in [1.29, 1.82) is 0 Å². The van der Waals surface area contributed by atoms with Crippen LogP contribution in [0, 0.1) is 0 Å². The summed E-state index contributed by atoms with van der Waals surface area (Å²) in [6.07, 6.45) is 4.89. The number of nitrogens with two attached hydrogens (primary N) is 1. The van der Waals surface area contributed by atoms with Gasteiger partial charge in [-0.05, 0) is 33.7 Å². The van der Waals surface area contributed by atoms with Gasteiger partial charge in [-0.2, -0.15) is 0 Å². The van der Waals surface area contributed by atoms with Crippen molar-refractivity contribution in [2.45, 2.75) is 38.8 Å². The minimum atomic E-state index is -0.424. The molecule has 2 atom stereocenters. The second-order valence-electron chi connectivity index (χ2n) is 3.61. The third kappa shape index (κ3) is 6.14. The molecule has 0 heterocycles. The first-order valence-electron chi connectivity index (χ1n) is 5.07. The maximum atomic E-state index is 11.0. The van der Waals surface area contributed by atoms with E-state index in [1.54, 1.807) is 14.0 Å². The van der Waals surface area contributed by atoms with Crippen molar-refractivity contribution in [1.82, 2.24) is 5.32 Å². The third-order valence-corrected chi connectivity index (χ3v) is 2.29. The van der Waals surface area contributed by atoms with E-state index >= 15 is 0 Å². The lowest BCUT2D eigenvalue weighted by atomic mass is 10.1. The van der Waals surface area contributed by atoms with Crippen LogP contribution >= 0.6 is 0 Å². The summed E-state index contributed by atoms with van der Waals surface area (Å²) < 4.78 is 0. The molecule has 0 amide bonds. The van der Waals surface area contributed by atoms with Gasteiger partial charge in [0.15, 0.2) is 0 Å². The van der Waals surface area contributed by atoms with E-state index in [4.69, 9.17) is 5.73 Å². The molecule has 15 heavy (non-hydrogen) atoms. The molecular formula is C11H20N2O2. The Morgan fingerprint density at radius 1 is 1.20 bits per heavy atom. The number of carbonyl (C=O) groups is 2. The lowest BCUT2D eigenvalue weighted by Crippen LogP contribution is -2.31. The number of rotatable bonds is 7. The van der Waals surface area contributed by atoms with E-state index in [2.05, 4.69) is 5.32 Å². The molecule has 4 heteroatoms. The van der Waals surface area contributed by atoms with Gasteiger partial charge in [-0.25, -0.2) is 0 Å². The van der Waals surface area contributed by atoms with Crippen LogP contribution in [0.25, 0.3) is 0 Å². The van der Waals surface area contributed by atoms with E-state index < -0.39 is 6.04 Å². The molecule has 86 valence electrons. The van der Waals surface area contributed by atoms with Crippen LogP contribution in [0.3, 0.4) is 0 Å². The normalized spacial score (nSPS) is 15.2. The molecule has 0 saturated carbocycles. The van der Waals surface area contributed by atoms with Crippen molar-refractivity contribution in [3.63, 3.8) is 0 Å². The first kappa shape index (κ1) is 14.0. The average molecular weight is 212 g/mol. The van der Waals surface area contributed by atoms with E-state index in [0.29, 0.717) is 12.8 Å². The van der Waals surface area contributed by atoms with Gasteiger partial charge in [-0.1, -0.05) is 12.2 Å². The van der Waals surface area contributed by atoms with Gasteiger partial charge in [0, 0.05) is 0 Å². The molecule has 0 aliphatic carbocycles. The topological polar surface area (TPSA) is 72.2 Å². The molecule has 0 spiro atoms. The van der Waals surface area contributed by atoms with Gasteiger partial charge in [0.1, 0.15) is 11.6 Å². The van der Waals surface area contributed by atoms with Crippen LogP contribution in [0.15, 0.2) is 12.2 Å². The molecule has 3 N–H and O–H groups in total. The summed E-state index contributed by atoms with van der Waals surface area (Å²) >= 11 is 0. The number of carbonyl (C=O) groups excluding carboxylic acids is 2. The lowest BCUT2D eigenvalue weighted by molar-refractivity contribution is -0.119. The summed E-state index contributed by atoms with van der Waals surface area (Å²) in [7, 11) is 1.75. The largest absolute Gasteiger partial charge is 0.321 e. The fourth-order valence-electron chi connectivity index (χ4n) is 1.13. The smallest absolute Gasteiger partial charge is 0.146 e. The van der Waals surface area contributed by atoms with Crippen LogP contribution in [-0.4, -0.2) is 30.7 Å². The minimum absolute atomic E-state index is 0.0172. The number of likely N-dealkylation sites (N-methyl/N-ethyl adjacent to an activating group) is 1. The predicted octanol–water partition coefficient (Wildman–Crippen LogP) is 0.416. The van der Waals surface area contributed by atoms with Crippen molar-refractivity contribution in [3.8, 4) is 0 Å². The molecule has 0 aromatic rings. The summed E-state index contributed by atoms with van der Waals surface area (Å²) in [5.74, 6) is 0.0920. The van der Waals surface area contributed by atoms with Crippen LogP contribution in [0.5, 0.6) is 0 Å². The molecule has 0 bridgehead atoms. The first-order chi connectivity index (χ1) is 6.99. The van der Waals surface area contributed by atoms with Crippen molar-refractivity contribution in [3.05, 3.63) is 12.2 Å². The lowest BCUT2D eigenvalue weighted by Gasteiger charge is -2.09. The van der Waals surface area contributed by atoms with Gasteiger partial charge in [0.25, 0.3) is 0 Å². The Kier molecular flexibility index (Phi) is 6.83. The fourth-order valence-corrected chi connectivity index (χ4v) is 1.13. The minimum Gasteiger partial charge on any atom is -0.321 e. The van der Waals surface area contributed by atoms with Crippen LogP contribution in [0.2, 0.25) is 0 Å². The highest BCUT2D eigenvalue weighted by Crippen LogP contribution is 1.98. The highest BCUT2D eigenvalue weighted by Gasteiger charge is 2.09. The summed E-state index contributed by atoms with van der Waals surface area (Å²) in [6, 6.07) is -0.568. The van der Waals surface area contributed by atoms with Gasteiger partial charge in [0.2, 0.25) is 0 Å². The van der Waals surface area contributed by atoms with Gasteiger partial charge < -0.3 is 11.1 Å². The van der Waals surface area contributed by atoms with Crippen molar-refractivity contribution in [2.75, 3.05) is 7.05 Å². The standard InChI is InChI=1S/C11H20N2O2/c1-8(14)10(12)6-4-5-7-11(13-3)9(2)15/h4-5,10-11,13H,6-7,12H2,1-3H3/b5-4+/t10-,11-/m1/s1. The maximum absolute atomic E-state index is 11.0. The number of hydrogen-bond acceptors (Lipinski definition) is 4. The highest BCUT2D eigenvalue weighted by atomic mass is 16.1. The van der Waals surface area contributed by atoms with Crippen molar-refractivity contribution < 1.29 is 9.59 Å². The second kappa shape index (κ2) is 7.31. The Morgan fingerprint density at radius 2 is 1.73 bits per heavy atom. The SMILES string of the molecule is CN[C@H](C/C=C/C[C@@H](N)C(C)=O)C(C)=O. The molecule has 0 radical (unpaired) electrons. The van der Waals surface area contributed by atoms with Crippen LogP contribution < -0.4 is 11.1 Å². The Hall–Kier alpha value is -1.00. The van der Waals surface area contributed by atoms with Gasteiger partial charge in [-0.3, -0.25) is 9.59 Å². The van der Waals surface area contributed by atoms with Gasteiger partial charge in [0.05, 0.1) is 12.1 Å². The molecule has 0 unspecified atom stereocenters. The Labute approximate surface area is 90.9 Å². The van der Waals surface area contributed by atoms with E-state index in [0.717, 1.165) is 0 Å². The number of nitrogens with one attached hydrogen (secondary N) is 1. The van der Waals surface area contributed by atoms with Crippen LogP contribution in [0.1, 0.15) is 26.7 Å². The molecule has 0 aliphatic heterocycles. The zero-order chi connectivity index (χ0) is 11.8. The summed E-state index contributed by atoms with van der Waals surface area (Å²) in [4.78, 5) is 21.8. The molecule has 4 nitrogen and oxygen atoms in total. The average Bonchev–Trinajstić information content (AvgIpc) is 2.16. The van der Waals surface area contributed by atoms with Crippen molar-refractivity contribution >= 4 is 11.6 Å². The maximum Gasteiger partial charge on any atom is 0.146 e. The van der Waals surface area contributed by atoms with E-state index in [1.165, 1.54) is 6.92 Å². The zero-order valence-electron chi connectivity index (χ0n) is 9.62. The number of ketones is 2. The van der Waals surface area contributed by atoms with Crippen LogP contribution in [0.4, 0.5) is 0 Å². The number of hydrogen-bond donors (Lipinski definition) is 2. The molecule has 0 fully saturated rings. The van der Waals surface area contributed by atoms with Crippen molar-refractivity contribution in [2.24, 2.45) is 5.73 Å². The predicted molar refractivity (Wildman–Crippen MR) is 60.6 cm³/mol. The highest BCUT2D eigenvalue weighted by molar-refractivity contribution is 5.82. The fraction of sp³-hybridized carbons (Fsp3) is 0.636. The molecule has 0 rings (SSSR count). The summed E-state index contributed by atoms with van der Waals surface area (Å²) in [6.45, 7) is 3.03. The first-order valence-corrected chi connectivity index (χ1v) is 5.07. The van der Waals surface area contributed by atoms with E-state index in [9.17, 15) is 9.59 Å². The quantitative estimate of drug-likeness (QED) is 0.600. The Morgan fingerprint density at radius 3 is 2.13 bits per heavy atom. The van der Waals surface area contributed by atoms with E-state index in [1.807, 2.05) is 12.2 Å². The zero-order valence-corrected chi connectivity index (χ0v) is 9.62. The summed E-state index contributed by atoms with van der Waals surface area (Å²) in [5, 5.41) is 2.91. The monoisotopic (exact) mass is 212 g/mol. The van der Waals surface area contributed by atoms with E-state index in [-0.39, 0.29) is 17.6 Å². The second-order valence-corrected chi connectivity index (χ2v) is 3.61. The molecule has 0 aromatic heterocycles. The molecule has 0 aromatic carbocycles. The van der Waals surface area contributed by atoms with Crippen LogP contribution in [-0.2, 0) is 9.59 Å². The molecule has 0 aliphatic rings.